The van der Waals surface area contributed by atoms with Crippen molar-refractivity contribution in [3.63, 3.8) is 0 Å². The minimum atomic E-state index is -0.244. The normalized spacial score (nSPS) is 9.91. The minimum Gasteiger partial charge on any atom is -0.272 e. The van der Waals surface area contributed by atoms with Crippen molar-refractivity contribution >= 4 is 10.9 Å². The lowest BCUT2D eigenvalue weighted by Crippen LogP contribution is -2.23. The summed E-state index contributed by atoms with van der Waals surface area (Å²) >= 11 is 0. The maximum Gasteiger partial charge on any atom is 0.263 e. The number of nitriles is 1. The molecule has 0 bridgehead atoms. The first-order valence-electron chi connectivity index (χ1n) is 7.15. The van der Waals surface area contributed by atoms with Gasteiger partial charge in [0.25, 0.3) is 5.56 Å². The van der Waals surface area contributed by atoms with Crippen LogP contribution in [-0.4, -0.2) is 9.55 Å². The molecule has 0 unspecified atom stereocenters. The summed E-state index contributed by atoms with van der Waals surface area (Å²) in [5.41, 5.74) is 2.26. The van der Waals surface area contributed by atoms with E-state index in [9.17, 15) is 10.1 Å². The number of fused-ring (bicyclic) bond motifs is 1. The Morgan fingerprint density at radius 1 is 1.13 bits per heavy atom. The lowest BCUT2D eigenvalue weighted by atomic mass is 10.1. The van der Waals surface area contributed by atoms with Gasteiger partial charge in [0.2, 0.25) is 5.82 Å². The Kier molecular flexibility index (Phi) is 3.91. The maximum atomic E-state index is 12.5. The summed E-state index contributed by atoms with van der Waals surface area (Å²) in [6.45, 7) is 2.11. The zero-order valence-electron chi connectivity index (χ0n) is 12.6. The van der Waals surface area contributed by atoms with Crippen LogP contribution in [0.3, 0.4) is 0 Å². The number of nitrogens with zero attached hydrogens (tertiary/aromatic N) is 3. The van der Waals surface area contributed by atoms with Crippen LogP contribution < -0.4 is 5.56 Å². The first-order chi connectivity index (χ1) is 11.2. The molecule has 0 radical (unpaired) electrons. The molecule has 1 heterocycles. The van der Waals surface area contributed by atoms with Gasteiger partial charge in [-0.2, -0.15) is 5.26 Å². The molecule has 0 N–H and O–H groups in total. The van der Waals surface area contributed by atoms with Crippen molar-refractivity contribution < 1.29 is 0 Å². The fraction of sp³-hybridized carbons (Fsp3) is 0.105. The van der Waals surface area contributed by atoms with Gasteiger partial charge in [-0.1, -0.05) is 42.2 Å². The third-order valence-corrected chi connectivity index (χ3v) is 3.57. The highest BCUT2D eigenvalue weighted by molar-refractivity contribution is 5.77. The van der Waals surface area contributed by atoms with Gasteiger partial charge in [0.1, 0.15) is 6.07 Å². The molecule has 1 aromatic heterocycles. The maximum absolute atomic E-state index is 12.5. The average molecular weight is 299 g/mol. The van der Waals surface area contributed by atoms with Gasteiger partial charge in [-0.15, -0.1) is 0 Å². The van der Waals surface area contributed by atoms with Crippen LogP contribution in [0.4, 0.5) is 0 Å². The highest BCUT2D eigenvalue weighted by Gasteiger charge is 2.08. The molecule has 23 heavy (non-hydrogen) atoms. The summed E-state index contributed by atoms with van der Waals surface area (Å²) in [5, 5.41) is 9.73. The van der Waals surface area contributed by atoms with Gasteiger partial charge in [-0.05, 0) is 30.7 Å². The van der Waals surface area contributed by atoms with Crippen molar-refractivity contribution in [3.8, 4) is 17.9 Å². The fourth-order valence-electron chi connectivity index (χ4n) is 2.33. The zero-order valence-corrected chi connectivity index (χ0v) is 12.6. The third-order valence-electron chi connectivity index (χ3n) is 3.57. The van der Waals surface area contributed by atoms with Gasteiger partial charge in [-0.25, -0.2) is 4.98 Å². The van der Waals surface area contributed by atoms with Crippen LogP contribution in [0.25, 0.3) is 10.9 Å². The van der Waals surface area contributed by atoms with Crippen LogP contribution in [0.15, 0.2) is 53.3 Å². The van der Waals surface area contributed by atoms with Crippen LogP contribution in [0.5, 0.6) is 0 Å². The number of para-hydroxylation sites is 1. The first kappa shape index (κ1) is 14.6. The molecule has 3 rings (SSSR count). The van der Waals surface area contributed by atoms with Crippen molar-refractivity contribution in [2.24, 2.45) is 0 Å². The summed E-state index contributed by atoms with van der Waals surface area (Å²) < 4.78 is 1.31. The molecule has 0 spiro atoms. The second kappa shape index (κ2) is 6.17. The van der Waals surface area contributed by atoms with Gasteiger partial charge < -0.3 is 0 Å². The van der Waals surface area contributed by atoms with E-state index in [1.807, 2.05) is 37.3 Å². The van der Waals surface area contributed by atoms with Crippen molar-refractivity contribution in [2.45, 2.75) is 13.5 Å². The summed E-state index contributed by atoms with van der Waals surface area (Å²) in [5.74, 6) is 6.08. The van der Waals surface area contributed by atoms with E-state index in [0.29, 0.717) is 10.9 Å². The number of aromatic nitrogens is 2. The number of hydrogen-bond donors (Lipinski definition) is 0. The smallest absolute Gasteiger partial charge is 0.263 e. The first-order valence-corrected chi connectivity index (χ1v) is 7.15. The van der Waals surface area contributed by atoms with Gasteiger partial charge in [0, 0.05) is 5.56 Å². The van der Waals surface area contributed by atoms with Crippen molar-refractivity contribution in [1.82, 2.24) is 9.55 Å². The van der Waals surface area contributed by atoms with Crippen LogP contribution in [0.1, 0.15) is 17.0 Å². The van der Waals surface area contributed by atoms with Crippen molar-refractivity contribution in [2.75, 3.05) is 0 Å². The Bertz CT molecular complexity index is 1050. The van der Waals surface area contributed by atoms with E-state index in [2.05, 4.69) is 16.8 Å². The topological polar surface area (TPSA) is 58.7 Å². The molecule has 0 aliphatic carbocycles. The van der Waals surface area contributed by atoms with Gasteiger partial charge in [0.05, 0.1) is 17.4 Å². The van der Waals surface area contributed by atoms with Crippen LogP contribution in [-0.2, 0) is 6.54 Å². The summed E-state index contributed by atoms with van der Waals surface area (Å²) in [6.07, 6.45) is 0. The quantitative estimate of drug-likeness (QED) is 0.649. The predicted molar refractivity (Wildman–Crippen MR) is 88.8 cm³/mol. The van der Waals surface area contributed by atoms with Gasteiger partial charge in [-0.3, -0.25) is 9.36 Å². The van der Waals surface area contributed by atoms with Crippen LogP contribution in [0.2, 0.25) is 0 Å². The lowest BCUT2D eigenvalue weighted by Gasteiger charge is -2.05. The largest absolute Gasteiger partial charge is 0.272 e. The molecule has 4 nitrogen and oxygen atoms in total. The van der Waals surface area contributed by atoms with E-state index in [1.54, 1.807) is 24.3 Å². The monoisotopic (exact) mass is 299 g/mol. The zero-order chi connectivity index (χ0) is 16.2. The van der Waals surface area contributed by atoms with Gasteiger partial charge >= 0.3 is 0 Å². The van der Waals surface area contributed by atoms with E-state index in [0.717, 1.165) is 11.1 Å². The molecule has 0 amide bonds. The molecule has 0 aliphatic heterocycles. The molecule has 4 heteroatoms. The van der Waals surface area contributed by atoms with Crippen molar-refractivity contribution in [1.29, 1.82) is 5.26 Å². The van der Waals surface area contributed by atoms with Gasteiger partial charge in [0.15, 0.2) is 0 Å². The van der Waals surface area contributed by atoms with E-state index in [-0.39, 0.29) is 17.9 Å². The highest BCUT2D eigenvalue weighted by Crippen LogP contribution is 2.08. The Morgan fingerprint density at radius 2 is 1.87 bits per heavy atom. The minimum absolute atomic E-state index is 0.0767. The molecule has 3 aromatic rings. The summed E-state index contributed by atoms with van der Waals surface area (Å²) in [6, 6.07) is 16.7. The SMILES string of the molecule is Cc1ccccc1C#CCn1c(C#N)nc2ccccc2c1=O. The second-order valence-electron chi connectivity index (χ2n) is 5.07. The Balaban J connectivity index is 2.05. The second-order valence-corrected chi connectivity index (χ2v) is 5.07. The number of rotatable bonds is 1. The molecular formula is C19H13N3O. The van der Waals surface area contributed by atoms with Crippen LogP contribution >= 0.6 is 0 Å². The Morgan fingerprint density at radius 3 is 2.65 bits per heavy atom. The molecule has 0 aliphatic rings. The summed E-state index contributed by atoms with van der Waals surface area (Å²) in [7, 11) is 0. The summed E-state index contributed by atoms with van der Waals surface area (Å²) in [4.78, 5) is 16.8. The Hall–Kier alpha value is -3.37. The van der Waals surface area contributed by atoms with Crippen molar-refractivity contribution in [3.05, 3.63) is 75.8 Å². The van der Waals surface area contributed by atoms with E-state index >= 15 is 0 Å². The lowest BCUT2D eigenvalue weighted by molar-refractivity contribution is 0.765. The number of hydrogen-bond acceptors (Lipinski definition) is 3. The van der Waals surface area contributed by atoms with Crippen LogP contribution in [0, 0.1) is 30.1 Å². The standard InChI is InChI=1S/C19H13N3O/c1-14-7-2-3-8-15(14)9-6-12-22-18(13-20)21-17-11-5-4-10-16(17)19(22)23/h2-5,7-8,10-11H,12H2,1H3. The molecule has 0 saturated heterocycles. The van der Waals surface area contributed by atoms with E-state index in [1.165, 1.54) is 4.57 Å². The third kappa shape index (κ3) is 2.84. The van der Waals surface area contributed by atoms with E-state index in [4.69, 9.17) is 0 Å². The molecule has 0 saturated carbocycles. The number of benzene rings is 2. The predicted octanol–water partition coefficient (Wildman–Crippen LogP) is 2.63. The average Bonchev–Trinajstić information content (AvgIpc) is 2.58. The number of aryl methyl sites for hydroxylation is 1. The Labute approximate surface area is 133 Å². The molecular weight excluding hydrogens is 286 g/mol. The van der Waals surface area contributed by atoms with E-state index < -0.39 is 0 Å². The molecule has 110 valence electrons. The molecule has 0 atom stereocenters. The molecule has 0 fully saturated rings. The molecule has 2 aromatic carbocycles. The fourth-order valence-corrected chi connectivity index (χ4v) is 2.33. The highest BCUT2D eigenvalue weighted by atomic mass is 16.1.